The highest BCUT2D eigenvalue weighted by atomic mass is 32.2. The molecule has 0 saturated carbocycles. The number of aryl methyl sites for hydroxylation is 1. The summed E-state index contributed by atoms with van der Waals surface area (Å²) >= 11 is 2.13. The van der Waals surface area contributed by atoms with Crippen LogP contribution in [0.25, 0.3) is 0 Å². The van der Waals surface area contributed by atoms with Crippen molar-refractivity contribution in [3.8, 4) is 0 Å². The Balaban J connectivity index is 1.81. The highest BCUT2D eigenvalue weighted by Gasteiger charge is 2.36. The van der Waals surface area contributed by atoms with E-state index in [1.807, 2.05) is 0 Å². The molecule has 1 nitrogen and oxygen atoms in total. The molecule has 1 aromatic carbocycles. The van der Waals surface area contributed by atoms with Gasteiger partial charge in [0.15, 0.2) is 0 Å². The third-order valence-electron chi connectivity index (χ3n) is 4.67. The predicted octanol–water partition coefficient (Wildman–Crippen LogP) is 3.72. The molecule has 2 atom stereocenters. The molecule has 0 amide bonds. The first-order valence-corrected chi connectivity index (χ1v) is 8.23. The van der Waals surface area contributed by atoms with E-state index in [1.165, 1.54) is 44.3 Å². The van der Waals surface area contributed by atoms with Gasteiger partial charge in [0.2, 0.25) is 0 Å². The Hall–Kier alpha value is -0.470. The van der Waals surface area contributed by atoms with E-state index in [9.17, 15) is 0 Å². The third kappa shape index (κ3) is 2.33. The Morgan fingerprint density at radius 2 is 2.17 bits per heavy atom. The normalized spacial score (nSPS) is 31.3. The van der Waals surface area contributed by atoms with Gasteiger partial charge in [0.1, 0.15) is 0 Å². The Kier molecular flexibility index (Phi) is 3.67. The summed E-state index contributed by atoms with van der Waals surface area (Å²) in [7, 11) is 0. The second-order valence-electron chi connectivity index (χ2n) is 5.83. The summed E-state index contributed by atoms with van der Waals surface area (Å²) in [5, 5.41) is 0. The lowest BCUT2D eigenvalue weighted by molar-refractivity contribution is 0.430. The van der Waals surface area contributed by atoms with Crippen molar-refractivity contribution in [2.45, 2.75) is 49.2 Å². The molecule has 1 aliphatic heterocycles. The fourth-order valence-corrected chi connectivity index (χ4v) is 5.12. The molecule has 0 spiro atoms. The molecular formula is C16H23NS. The number of hydrogen-bond acceptors (Lipinski definition) is 2. The number of benzene rings is 1. The lowest BCUT2D eigenvalue weighted by Crippen LogP contribution is -2.34. The van der Waals surface area contributed by atoms with E-state index in [-0.39, 0.29) is 0 Å². The second kappa shape index (κ2) is 5.26. The summed E-state index contributed by atoms with van der Waals surface area (Å²) in [6, 6.07) is 9.06. The molecule has 3 rings (SSSR count). The summed E-state index contributed by atoms with van der Waals surface area (Å²) < 4.78 is 0.384. The van der Waals surface area contributed by atoms with Crippen molar-refractivity contribution >= 4 is 11.8 Å². The van der Waals surface area contributed by atoms with Gasteiger partial charge in [-0.1, -0.05) is 24.3 Å². The van der Waals surface area contributed by atoms with Crippen LogP contribution in [0.3, 0.4) is 0 Å². The Bertz CT molecular complexity index is 409. The maximum absolute atomic E-state index is 6.09. The Labute approximate surface area is 115 Å². The van der Waals surface area contributed by atoms with Crippen LogP contribution in [0, 0.1) is 0 Å². The summed E-state index contributed by atoms with van der Waals surface area (Å²) in [6.45, 7) is 0.857. The summed E-state index contributed by atoms with van der Waals surface area (Å²) in [6.07, 6.45) is 7.97. The van der Waals surface area contributed by atoms with Crippen LogP contribution in [0.4, 0.5) is 0 Å². The maximum atomic E-state index is 6.09. The molecule has 98 valence electrons. The molecule has 0 radical (unpaired) electrons. The van der Waals surface area contributed by atoms with E-state index < -0.39 is 0 Å². The number of fused-ring (bicyclic) bond motifs is 1. The van der Waals surface area contributed by atoms with Crippen LogP contribution >= 0.6 is 11.8 Å². The van der Waals surface area contributed by atoms with Crippen LogP contribution in [-0.2, 0) is 6.42 Å². The van der Waals surface area contributed by atoms with Crippen molar-refractivity contribution in [1.82, 2.24) is 0 Å². The van der Waals surface area contributed by atoms with Gasteiger partial charge in [-0.2, -0.15) is 11.8 Å². The summed E-state index contributed by atoms with van der Waals surface area (Å²) in [5.41, 5.74) is 9.29. The quantitative estimate of drug-likeness (QED) is 0.897. The third-order valence-corrected chi connectivity index (χ3v) is 6.31. The fourth-order valence-electron chi connectivity index (χ4n) is 3.68. The molecule has 2 N–H and O–H groups in total. The van der Waals surface area contributed by atoms with E-state index in [1.54, 1.807) is 11.1 Å². The molecule has 18 heavy (non-hydrogen) atoms. The predicted molar refractivity (Wildman–Crippen MR) is 80.2 cm³/mol. The van der Waals surface area contributed by atoms with Gasteiger partial charge >= 0.3 is 0 Å². The van der Waals surface area contributed by atoms with E-state index in [4.69, 9.17) is 5.73 Å². The van der Waals surface area contributed by atoms with Crippen molar-refractivity contribution < 1.29 is 0 Å². The Morgan fingerprint density at radius 3 is 2.94 bits per heavy atom. The van der Waals surface area contributed by atoms with Crippen molar-refractivity contribution in [2.24, 2.45) is 5.73 Å². The minimum absolute atomic E-state index is 0.384. The number of rotatable bonds is 3. The van der Waals surface area contributed by atoms with Crippen LogP contribution in [0.2, 0.25) is 0 Å². The highest BCUT2D eigenvalue weighted by Crippen LogP contribution is 2.46. The van der Waals surface area contributed by atoms with Crippen LogP contribution in [-0.4, -0.2) is 17.0 Å². The van der Waals surface area contributed by atoms with Crippen LogP contribution < -0.4 is 5.73 Å². The van der Waals surface area contributed by atoms with Crippen molar-refractivity contribution in [3.05, 3.63) is 35.4 Å². The molecule has 1 fully saturated rings. The van der Waals surface area contributed by atoms with Crippen molar-refractivity contribution in [2.75, 3.05) is 12.3 Å². The van der Waals surface area contributed by atoms with E-state index in [0.29, 0.717) is 4.75 Å². The largest absolute Gasteiger partial charge is 0.329 e. The average molecular weight is 261 g/mol. The van der Waals surface area contributed by atoms with Gasteiger partial charge in [-0.25, -0.2) is 0 Å². The lowest BCUT2D eigenvalue weighted by Gasteiger charge is -2.34. The minimum Gasteiger partial charge on any atom is -0.329 e. The van der Waals surface area contributed by atoms with Gasteiger partial charge in [-0.3, -0.25) is 0 Å². The molecule has 2 aliphatic rings. The summed E-state index contributed by atoms with van der Waals surface area (Å²) in [4.78, 5) is 0. The van der Waals surface area contributed by atoms with E-state index in [0.717, 1.165) is 12.5 Å². The van der Waals surface area contributed by atoms with Crippen LogP contribution in [0.15, 0.2) is 24.3 Å². The molecular weight excluding hydrogens is 238 g/mol. The van der Waals surface area contributed by atoms with Gasteiger partial charge in [0.05, 0.1) is 0 Å². The standard InChI is InChI=1S/C16H23NS/c17-12-16(9-4-10-18-16)11-14-7-3-6-13-5-1-2-8-15(13)14/h1-2,5,8,14H,3-4,6-7,9-12,17H2. The first-order valence-electron chi connectivity index (χ1n) is 7.25. The maximum Gasteiger partial charge on any atom is 0.0288 e. The number of nitrogens with two attached hydrogens (primary N) is 1. The second-order valence-corrected chi connectivity index (χ2v) is 7.39. The summed E-state index contributed by atoms with van der Waals surface area (Å²) in [5.74, 6) is 2.06. The molecule has 0 aromatic heterocycles. The molecule has 1 heterocycles. The molecule has 1 saturated heterocycles. The average Bonchev–Trinajstić information content (AvgIpc) is 2.88. The molecule has 1 aromatic rings. The zero-order valence-electron chi connectivity index (χ0n) is 11.0. The zero-order valence-corrected chi connectivity index (χ0v) is 11.8. The van der Waals surface area contributed by atoms with Crippen LogP contribution in [0.5, 0.6) is 0 Å². The van der Waals surface area contributed by atoms with Gasteiger partial charge < -0.3 is 5.73 Å². The van der Waals surface area contributed by atoms with Gasteiger partial charge in [-0.15, -0.1) is 0 Å². The van der Waals surface area contributed by atoms with E-state index in [2.05, 4.69) is 36.0 Å². The number of hydrogen-bond donors (Lipinski definition) is 1. The molecule has 0 bridgehead atoms. The zero-order chi connectivity index (χ0) is 12.4. The SMILES string of the molecule is NCC1(CC2CCCc3ccccc32)CCCS1. The van der Waals surface area contributed by atoms with Crippen LogP contribution in [0.1, 0.15) is 49.1 Å². The smallest absolute Gasteiger partial charge is 0.0288 e. The van der Waals surface area contributed by atoms with E-state index >= 15 is 0 Å². The van der Waals surface area contributed by atoms with Gasteiger partial charge in [0.25, 0.3) is 0 Å². The first kappa shape index (κ1) is 12.6. The van der Waals surface area contributed by atoms with Crippen molar-refractivity contribution in [1.29, 1.82) is 0 Å². The highest BCUT2D eigenvalue weighted by molar-refractivity contribution is 8.00. The Morgan fingerprint density at radius 1 is 1.28 bits per heavy atom. The van der Waals surface area contributed by atoms with Gasteiger partial charge in [-0.05, 0) is 61.3 Å². The molecule has 2 unspecified atom stereocenters. The minimum atomic E-state index is 0.384. The molecule has 2 heteroatoms. The molecule has 1 aliphatic carbocycles. The topological polar surface area (TPSA) is 26.0 Å². The number of thioether (sulfide) groups is 1. The van der Waals surface area contributed by atoms with Crippen molar-refractivity contribution in [3.63, 3.8) is 0 Å². The lowest BCUT2D eigenvalue weighted by atomic mass is 9.77. The van der Waals surface area contributed by atoms with Gasteiger partial charge in [0, 0.05) is 11.3 Å². The fraction of sp³-hybridized carbons (Fsp3) is 0.625. The first-order chi connectivity index (χ1) is 8.83. The monoisotopic (exact) mass is 261 g/mol.